The van der Waals surface area contributed by atoms with Crippen molar-refractivity contribution in [1.82, 2.24) is 4.90 Å². The number of piperidine rings is 1. The molecule has 0 amide bonds. The summed E-state index contributed by atoms with van der Waals surface area (Å²) in [6.45, 7) is 6.21. The molecule has 2 rings (SSSR count). The molecule has 0 aromatic heterocycles. The van der Waals surface area contributed by atoms with Crippen molar-refractivity contribution in [3.05, 3.63) is 35.4 Å². The summed E-state index contributed by atoms with van der Waals surface area (Å²) >= 11 is 0. The van der Waals surface area contributed by atoms with Crippen LogP contribution in [0, 0.1) is 5.92 Å². The first-order chi connectivity index (χ1) is 9.22. The van der Waals surface area contributed by atoms with Gasteiger partial charge >= 0.3 is 0 Å². The second-order valence-corrected chi connectivity index (χ2v) is 5.61. The number of likely N-dealkylation sites (tertiary alicyclic amines) is 1. The van der Waals surface area contributed by atoms with E-state index in [0.29, 0.717) is 18.6 Å². The normalized spacial score (nSPS) is 24.6. The van der Waals surface area contributed by atoms with E-state index in [9.17, 15) is 0 Å². The molecule has 1 aromatic rings. The monoisotopic (exact) mass is 262 g/mol. The Morgan fingerprint density at radius 3 is 2.89 bits per heavy atom. The molecule has 1 heterocycles. The molecule has 1 aliphatic rings. The summed E-state index contributed by atoms with van der Waals surface area (Å²) in [5, 5.41) is 0. The number of nitrogens with zero attached hydrogens (tertiary/aromatic N) is 1. The first kappa shape index (κ1) is 14.5. The van der Waals surface area contributed by atoms with Crippen molar-refractivity contribution in [3.8, 4) is 0 Å². The van der Waals surface area contributed by atoms with Crippen molar-refractivity contribution >= 4 is 0 Å². The van der Waals surface area contributed by atoms with E-state index >= 15 is 0 Å². The lowest BCUT2D eigenvalue weighted by molar-refractivity contribution is 0.145. The maximum atomic E-state index is 6.17. The number of hydrogen-bond acceptors (Lipinski definition) is 3. The van der Waals surface area contributed by atoms with Crippen molar-refractivity contribution in [3.63, 3.8) is 0 Å². The Morgan fingerprint density at radius 1 is 1.37 bits per heavy atom. The van der Waals surface area contributed by atoms with Gasteiger partial charge in [-0.05, 0) is 30.0 Å². The van der Waals surface area contributed by atoms with E-state index in [1.54, 1.807) is 7.11 Å². The van der Waals surface area contributed by atoms with Crippen LogP contribution in [0.2, 0.25) is 0 Å². The largest absolute Gasteiger partial charge is 0.380 e. The predicted molar refractivity (Wildman–Crippen MR) is 78.8 cm³/mol. The van der Waals surface area contributed by atoms with Gasteiger partial charge in [0.1, 0.15) is 0 Å². The molecule has 1 saturated heterocycles. The van der Waals surface area contributed by atoms with Crippen LogP contribution in [0.15, 0.2) is 24.3 Å². The van der Waals surface area contributed by atoms with E-state index in [1.165, 1.54) is 17.5 Å². The molecule has 1 fully saturated rings. The van der Waals surface area contributed by atoms with Crippen LogP contribution in [0.25, 0.3) is 0 Å². The third-order valence-electron chi connectivity index (χ3n) is 4.11. The molecule has 3 nitrogen and oxygen atoms in total. The highest BCUT2D eigenvalue weighted by molar-refractivity contribution is 5.23. The molecule has 0 radical (unpaired) electrons. The van der Waals surface area contributed by atoms with E-state index in [-0.39, 0.29) is 0 Å². The van der Waals surface area contributed by atoms with E-state index in [0.717, 1.165) is 26.1 Å². The second-order valence-electron chi connectivity index (χ2n) is 5.61. The molecule has 2 atom stereocenters. The Labute approximate surface area is 116 Å². The molecule has 0 aliphatic carbocycles. The predicted octanol–water partition coefficient (Wildman–Crippen LogP) is 2.39. The van der Waals surface area contributed by atoms with Crippen LogP contribution in [0.5, 0.6) is 0 Å². The van der Waals surface area contributed by atoms with Gasteiger partial charge in [-0.25, -0.2) is 0 Å². The summed E-state index contributed by atoms with van der Waals surface area (Å²) in [4.78, 5) is 2.53. The van der Waals surface area contributed by atoms with Crippen molar-refractivity contribution in [2.75, 3.05) is 20.2 Å². The topological polar surface area (TPSA) is 38.5 Å². The van der Waals surface area contributed by atoms with Gasteiger partial charge in [0.15, 0.2) is 0 Å². The lowest BCUT2D eigenvalue weighted by Crippen LogP contribution is -2.46. The Morgan fingerprint density at radius 2 is 2.16 bits per heavy atom. The fourth-order valence-corrected chi connectivity index (χ4v) is 2.94. The number of nitrogens with two attached hydrogens (primary N) is 1. The zero-order chi connectivity index (χ0) is 13.7. The maximum Gasteiger partial charge on any atom is 0.0713 e. The molecule has 106 valence electrons. The Kier molecular flexibility index (Phi) is 5.37. The minimum atomic E-state index is 0.390. The average molecular weight is 262 g/mol. The standard InChI is InChI=1S/C16H26N2O/c1-3-15-11-18(8-7-16(15)17)10-13-5-4-6-14(9-13)12-19-2/h4-6,9,15-16H,3,7-8,10-12,17H2,1-2H3. The van der Waals surface area contributed by atoms with Gasteiger partial charge in [0.2, 0.25) is 0 Å². The molecule has 3 heteroatoms. The van der Waals surface area contributed by atoms with Gasteiger partial charge in [-0.1, -0.05) is 37.6 Å². The van der Waals surface area contributed by atoms with Gasteiger partial charge in [-0.3, -0.25) is 4.90 Å². The quantitative estimate of drug-likeness (QED) is 0.885. The lowest BCUT2D eigenvalue weighted by Gasteiger charge is -2.36. The highest BCUT2D eigenvalue weighted by Crippen LogP contribution is 2.20. The van der Waals surface area contributed by atoms with E-state index < -0.39 is 0 Å². The number of rotatable bonds is 5. The van der Waals surface area contributed by atoms with Crippen LogP contribution in [0.1, 0.15) is 30.9 Å². The van der Waals surface area contributed by atoms with Gasteiger partial charge in [0.25, 0.3) is 0 Å². The van der Waals surface area contributed by atoms with Crippen molar-refractivity contribution in [2.45, 2.75) is 39.0 Å². The van der Waals surface area contributed by atoms with Crippen LogP contribution in [-0.4, -0.2) is 31.1 Å². The summed E-state index contributed by atoms with van der Waals surface area (Å²) in [6.07, 6.45) is 2.30. The Balaban J connectivity index is 1.95. The highest BCUT2D eigenvalue weighted by Gasteiger charge is 2.24. The lowest BCUT2D eigenvalue weighted by atomic mass is 9.90. The summed E-state index contributed by atoms with van der Waals surface area (Å²) in [5.41, 5.74) is 8.79. The molecule has 0 bridgehead atoms. The SMILES string of the molecule is CCC1CN(Cc2cccc(COC)c2)CCC1N. The number of methoxy groups -OCH3 is 1. The highest BCUT2D eigenvalue weighted by atomic mass is 16.5. The fourth-order valence-electron chi connectivity index (χ4n) is 2.94. The summed E-state index contributed by atoms with van der Waals surface area (Å²) in [7, 11) is 1.74. The van der Waals surface area contributed by atoms with Gasteiger partial charge in [-0.2, -0.15) is 0 Å². The average Bonchev–Trinajstić information content (AvgIpc) is 2.42. The van der Waals surface area contributed by atoms with Crippen LogP contribution in [0.4, 0.5) is 0 Å². The minimum absolute atomic E-state index is 0.390. The molecule has 19 heavy (non-hydrogen) atoms. The smallest absolute Gasteiger partial charge is 0.0713 e. The van der Waals surface area contributed by atoms with Crippen molar-refractivity contribution in [1.29, 1.82) is 0 Å². The molecule has 0 spiro atoms. The third kappa shape index (κ3) is 4.03. The summed E-state index contributed by atoms with van der Waals surface area (Å²) in [6, 6.07) is 9.08. The van der Waals surface area contributed by atoms with Crippen molar-refractivity contribution in [2.24, 2.45) is 11.7 Å². The number of benzene rings is 1. The second kappa shape index (κ2) is 7.04. The first-order valence-corrected chi connectivity index (χ1v) is 7.27. The molecular weight excluding hydrogens is 236 g/mol. The zero-order valence-electron chi connectivity index (χ0n) is 12.1. The van der Waals surface area contributed by atoms with E-state index in [2.05, 4.69) is 36.1 Å². The fraction of sp³-hybridized carbons (Fsp3) is 0.625. The van der Waals surface area contributed by atoms with Crippen LogP contribution < -0.4 is 5.73 Å². The van der Waals surface area contributed by atoms with E-state index in [4.69, 9.17) is 10.5 Å². The maximum absolute atomic E-state index is 6.17. The van der Waals surface area contributed by atoms with Gasteiger partial charge in [0.05, 0.1) is 6.61 Å². The van der Waals surface area contributed by atoms with E-state index in [1.807, 2.05) is 0 Å². The van der Waals surface area contributed by atoms with Crippen molar-refractivity contribution < 1.29 is 4.74 Å². The Bertz CT molecular complexity index is 394. The summed E-state index contributed by atoms with van der Waals surface area (Å²) in [5.74, 6) is 0.649. The first-order valence-electron chi connectivity index (χ1n) is 7.27. The third-order valence-corrected chi connectivity index (χ3v) is 4.11. The van der Waals surface area contributed by atoms with Gasteiger partial charge < -0.3 is 10.5 Å². The number of hydrogen-bond donors (Lipinski definition) is 1. The minimum Gasteiger partial charge on any atom is -0.380 e. The molecular formula is C16H26N2O. The zero-order valence-corrected chi connectivity index (χ0v) is 12.1. The molecule has 1 aromatic carbocycles. The molecule has 2 N–H and O–H groups in total. The number of ether oxygens (including phenoxy) is 1. The van der Waals surface area contributed by atoms with Gasteiger partial charge in [0, 0.05) is 26.2 Å². The van der Waals surface area contributed by atoms with Crippen LogP contribution in [0.3, 0.4) is 0 Å². The van der Waals surface area contributed by atoms with Gasteiger partial charge in [-0.15, -0.1) is 0 Å². The Hall–Kier alpha value is -0.900. The molecule has 0 saturated carbocycles. The summed E-state index contributed by atoms with van der Waals surface area (Å²) < 4.78 is 5.19. The molecule has 2 unspecified atom stereocenters. The van der Waals surface area contributed by atoms with Crippen LogP contribution >= 0.6 is 0 Å². The van der Waals surface area contributed by atoms with Crippen LogP contribution in [-0.2, 0) is 17.9 Å². The molecule has 1 aliphatic heterocycles.